The van der Waals surface area contributed by atoms with Crippen LogP contribution in [0.4, 0.5) is 8.78 Å². The van der Waals surface area contributed by atoms with Crippen LogP contribution >= 0.6 is 0 Å². The minimum atomic E-state index is -0.758. The van der Waals surface area contributed by atoms with Gasteiger partial charge in [0.15, 0.2) is 17.4 Å². The highest BCUT2D eigenvalue weighted by atomic mass is 19.1. The molecule has 2 N–H and O–H groups in total. The minimum Gasteiger partial charge on any atom is -0.481 e. The normalized spacial score (nSPS) is 10.4. The van der Waals surface area contributed by atoms with Crippen molar-refractivity contribution in [3.8, 4) is 5.75 Å². The van der Waals surface area contributed by atoms with E-state index in [1.165, 1.54) is 0 Å². The molecule has 0 saturated carbocycles. The maximum absolute atomic E-state index is 13.6. The second-order valence-electron chi connectivity index (χ2n) is 3.70. The molecule has 2 aromatic rings. The lowest BCUT2D eigenvalue weighted by Crippen LogP contribution is -2.04. The summed E-state index contributed by atoms with van der Waals surface area (Å²) in [6.45, 7) is 0.0883. The first-order valence-corrected chi connectivity index (χ1v) is 5.41. The molecule has 1 aromatic heterocycles. The van der Waals surface area contributed by atoms with E-state index in [1.54, 1.807) is 24.4 Å². The summed E-state index contributed by atoms with van der Waals surface area (Å²) in [6, 6.07) is 7.56. The van der Waals surface area contributed by atoms with Crippen molar-refractivity contribution in [3.63, 3.8) is 0 Å². The highest BCUT2D eigenvalue weighted by molar-refractivity contribution is 5.31. The van der Waals surface area contributed by atoms with Gasteiger partial charge in [0.05, 0.1) is 5.69 Å². The van der Waals surface area contributed by atoms with Crippen molar-refractivity contribution < 1.29 is 13.5 Å². The fourth-order valence-electron chi connectivity index (χ4n) is 1.50. The first-order chi connectivity index (χ1) is 8.70. The van der Waals surface area contributed by atoms with Gasteiger partial charge >= 0.3 is 0 Å². The third kappa shape index (κ3) is 2.81. The molecule has 0 aliphatic heterocycles. The van der Waals surface area contributed by atoms with E-state index in [-0.39, 0.29) is 13.2 Å². The molecule has 0 unspecified atom stereocenters. The van der Waals surface area contributed by atoms with Crippen LogP contribution in [0.25, 0.3) is 0 Å². The van der Waals surface area contributed by atoms with Gasteiger partial charge in [-0.25, -0.2) is 8.78 Å². The van der Waals surface area contributed by atoms with Crippen molar-refractivity contribution in [2.45, 2.75) is 13.2 Å². The summed E-state index contributed by atoms with van der Waals surface area (Å²) in [4.78, 5) is 4.00. The molecule has 18 heavy (non-hydrogen) atoms. The number of rotatable bonds is 4. The molecule has 0 atom stereocenters. The van der Waals surface area contributed by atoms with E-state index in [2.05, 4.69) is 4.98 Å². The van der Waals surface area contributed by atoms with Gasteiger partial charge in [0.1, 0.15) is 6.61 Å². The van der Waals surface area contributed by atoms with E-state index in [4.69, 9.17) is 10.5 Å². The number of aromatic nitrogens is 1. The first kappa shape index (κ1) is 12.4. The highest BCUT2D eigenvalue weighted by Crippen LogP contribution is 2.23. The van der Waals surface area contributed by atoms with Gasteiger partial charge in [-0.2, -0.15) is 0 Å². The summed E-state index contributed by atoms with van der Waals surface area (Å²) >= 11 is 0. The quantitative estimate of drug-likeness (QED) is 0.906. The Kier molecular flexibility index (Phi) is 3.84. The lowest BCUT2D eigenvalue weighted by molar-refractivity contribution is 0.270. The molecule has 3 nitrogen and oxygen atoms in total. The summed E-state index contributed by atoms with van der Waals surface area (Å²) in [5, 5.41) is 0. The summed E-state index contributed by atoms with van der Waals surface area (Å²) in [7, 11) is 0. The zero-order valence-electron chi connectivity index (χ0n) is 9.57. The van der Waals surface area contributed by atoms with Gasteiger partial charge in [-0.1, -0.05) is 6.07 Å². The fraction of sp³-hybridized carbons (Fsp3) is 0.154. The Morgan fingerprint density at radius 1 is 1.17 bits per heavy atom. The van der Waals surface area contributed by atoms with Crippen LogP contribution < -0.4 is 10.5 Å². The van der Waals surface area contributed by atoms with E-state index in [1.807, 2.05) is 0 Å². The monoisotopic (exact) mass is 250 g/mol. The second kappa shape index (κ2) is 5.55. The van der Waals surface area contributed by atoms with E-state index in [0.29, 0.717) is 11.3 Å². The third-order valence-corrected chi connectivity index (χ3v) is 2.38. The molecule has 1 heterocycles. The fourth-order valence-corrected chi connectivity index (χ4v) is 1.50. The Labute approximate surface area is 103 Å². The SMILES string of the molecule is NCc1cc(F)c(OCc2ccccn2)c(F)c1. The van der Waals surface area contributed by atoms with Gasteiger partial charge in [-0.05, 0) is 29.8 Å². The molecule has 5 heteroatoms. The zero-order chi connectivity index (χ0) is 13.0. The number of ether oxygens (including phenoxy) is 1. The maximum atomic E-state index is 13.6. The van der Waals surface area contributed by atoms with Crippen LogP contribution in [0.5, 0.6) is 5.75 Å². The number of hydrogen-bond acceptors (Lipinski definition) is 3. The van der Waals surface area contributed by atoms with Crippen molar-refractivity contribution in [1.82, 2.24) is 4.98 Å². The molecule has 0 radical (unpaired) electrons. The molecule has 0 spiro atoms. The Morgan fingerprint density at radius 2 is 1.89 bits per heavy atom. The number of nitrogens with two attached hydrogens (primary N) is 1. The van der Waals surface area contributed by atoms with Crippen molar-refractivity contribution in [2.24, 2.45) is 5.73 Å². The Balaban J connectivity index is 2.15. The molecule has 2 rings (SSSR count). The molecule has 0 saturated heterocycles. The summed E-state index contributed by atoms with van der Waals surface area (Å²) < 4.78 is 32.2. The second-order valence-corrected chi connectivity index (χ2v) is 3.70. The number of pyridine rings is 1. The summed E-state index contributed by atoms with van der Waals surface area (Å²) in [6.07, 6.45) is 1.59. The van der Waals surface area contributed by atoms with Gasteiger partial charge in [0, 0.05) is 12.7 Å². The van der Waals surface area contributed by atoms with E-state index in [9.17, 15) is 8.78 Å². The smallest absolute Gasteiger partial charge is 0.191 e. The Hall–Kier alpha value is -2.01. The van der Waals surface area contributed by atoms with Crippen molar-refractivity contribution in [3.05, 3.63) is 59.4 Å². The number of hydrogen-bond donors (Lipinski definition) is 1. The van der Waals surface area contributed by atoms with Crippen LogP contribution in [0.15, 0.2) is 36.5 Å². The van der Waals surface area contributed by atoms with Gasteiger partial charge in [-0.3, -0.25) is 4.98 Å². The van der Waals surface area contributed by atoms with Crippen LogP contribution in [-0.4, -0.2) is 4.98 Å². The average molecular weight is 250 g/mol. The maximum Gasteiger partial charge on any atom is 0.191 e. The molecule has 0 amide bonds. The molecule has 1 aromatic carbocycles. The highest BCUT2D eigenvalue weighted by Gasteiger charge is 2.12. The zero-order valence-corrected chi connectivity index (χ0v) is 9.57. The molecule has 0 aliphatic carbocycles. The summed E-state index contributed by atoms with van der Waals surface area (Å²) in [5.74, 6) is -1.92. The molecule has 0 bridgehead atoms. The van der Waals surface area contributed by atoms with E-state index >= 15 is 0 Å². The third-order valence-electron chi connectivity index (χ3n) is 2.38. The standard InChI is InChI=1S/C13H12F2N2O/c14-11-5-9(7-16)6-12(15)13(11)18-8-10-3-1-2-4-17-10/h1-6H,7-8,16H2. The minimum absolute atomic E-state index is 0.0106. The molecular weight excluding hydrogens is 238 g/mol. The van der Waals surface area contributed by atoms with Gasteiger partial charge in [0.2, 0.25) is 0 Å². The van der Waals surface area contributed by atoms with Gasteiger partial charge < -0.3 is 10.5 Å². The molecular formula is C13H12F2N2O. The summed E-state index contributed by atoms with van der Waals surface area (Å²) in [5.41, 5.74) is 6.30. The predicted molar refractivity (Wildman–Crippen MR) is 62.8 cm³/mol. The van der Waals surface area contributed by atoms with Crippen LogP contribution in [0.1, 0.15) is 11.3 Å². The molecule has 94 valence electrons. The van der Waals surface area contributed by atoms with Crippen molar-refractivity contribution >= 4 is 0 Å². The number of benzene rings is 1. The van der Waals surface area contributed by atoms with Crippen molar-refractivity contribution in [1.29, 1.82) is 0 Å². The van der Waals surface area contributed by atoms with Crippen LogP contribution in [0, 0.1) is 11.6 Å². The molecule has 0 aliphatic rings. The lowest BCUT2D eigenvalue weighted by Gasteiger charge is -2.09. The predicted octanol–water partition coefficient (Wildman–Crippen LogP) is 2.40. The van der Waals surface area contributed by atoms with Gasteiger partial charge in [-0.15, -0.1) is 0 Å². The van der Waals surface area contributed by atoms with Gasteiger partial charge in [0.25, 0.3) is 0 Å². The Morgan fingerprint density at radius 3 is 2.44 bits per heavy atom. The lowest BCUT2D eigenvalue weighted by atomic mass is 10.2. The number of halogens is 2. The van der Waals surface area contributed by atoms with Crippen molar-refractivity contribution in [2.75, 3.05) is 0 Å². The number of nitrogens with zero attached hydrogens (tertiary/aromatic N) is 1. The first-order valence-electron chi connectivity index (χ1n) is 5.41. The largest absolute Gasteiger partial charge is 0.481 e. The van der Waals surface area contributed by atoms with E-state index in [0.717, 1.165) is 12.1 Å². The average Bonchev–Trinajstić information content (AvgIpc) is 2.38. The van der Waals surface area contributed by atoms with Crippen LogP contribution in [0.3, 0.4) is 0 Å². The molecule has 0 fully saturated rings. The topological polar surface area (TPSA) is 48.1 Å². The van der Waals surface area contributed by atoms with Crippen LogP contribution in [-0.2, 0) is 13.2 Å². The van der Waals surface area contributed by atoms with Crippen LogP contribution in [0.2, 0.25) is 0 Å². The van der Waals surface area contributed by atoms with E-state index < -0.39 is 17.4 Å². The Bertz CT molecular complexity index is 509.